The van der Waals surface area contributed by atoms with E-state index >= 15 is 0 Å². The Morgan fingerprint density at radius 3 is 2.64 bits per heavy atom. The van der Waals surface area contributed by atoms with Crippen molar-refractivity contribution in [3.05, 3.63) is 28.0 Å². The number of nitrogens with two attached hydrogens (primary N) is 1. The van der Waals surface area contributed by atoms with E-state index in [1.807, 2.05) is 0 Å². The molecule has 2 N–H and O–H groups in total. The van der Waals surface area contributed by atoms with E-state index in [2.05, 4.69) is 15.9 Å². The maximum atomic E-state index is 12.7. The van der Waals surface area contributed by atoms with E-state index in [0.29, 0.717) is 0 Å². The quantitative estimate of drug-likeness (QED) is 0.673. The minimum absolute atomic E-state index is 0.205. The number of halogens is 2. The van der Waals surface area contributed by atoms with Crippen LogP contribution in [-0.4, -0.2) is 0 Å². The van der Waals surface area contributed by atoms with E-state index in [-0.39, 0.29) is 15.7 Å². The lowest BCUT2D eigenvalue weighted by Crippen LogP contribution is -1.91. The fourth-order valence-corrected chi connectivity index (χ4v) is 0.904. The average Bonchev–Trinajstić information content (AvgIpc) is 1.99. The van der Waals surface area contributed by atoms with Gasteiger partial charge in [0.05, 0.1) is 21.8 Å². The highest BCUT2D eigenvalue weighted by Crippen LogP contribution is 2.23. The molecular formula is C7H4BrFN2. The number of anilines is 1. The molecule has 1 aromatic rings. The monoisotopic (exact) mass is 214 g/mol. The van der Waals surface area contributed by atoms with Gasteiger partial charge in [0.1, 0.15) is 5.82 Å². The first kappa shape index (κ1) is 8.02. The molecule has 0 heterocycles. The van der Waals surface area contributed by atoms with Crippen LogP contribution in [0.1, 0.15) is 5.56 Å². The van der Waals surface area contributed by atoms with E-state index in [4.69, 9.17) is 11.0 Å². The molecule has 56 valence electrons. The van der Waals surface area contributed by atoms with E-state index < -0.39 is 5.82 Å². The van der Waals surface area contributed by atoms with Crippen molar-refractivity contribution in [2.45, 2.75) is 0 Å². The van der Waals surface area contributed by atoms with Crippen LogP contribution >= 0.6 is 15.9 Å². The lowest BCUT2D eigenvalue weighted by atomic mass is 10.2. The first-order chi connectivity index (χ1) is 5.15. The molecule has 0 aliphatic rings. The molecule has 1 aromatic carbocycles. The number of nitriles is 1. The predicted molar refractivity (Wildman–Crippen MR) is 43.2 cm³/mol. The molecule has 0 aliphatic carbocycles. The summed E-state index contributed by atoms with van der Waals surface area (Å²) < 4.78 is 13.0. The molecule has 0 aromatic heterocycles. The van der Waals surface area contributed by atoms with Crippen molar-refractivity contribution in [2.75, 3.05) is 5.73 Å². The number of benzene rings is 1. The predicted octanol–water partition coefficient (Wildman–Crippen LogP) is 2.04. The number of nitrogens with zero attached hydrogens (tertiary/aromatic N) is 1. The SMILES string of the molecule is N#Cc1cc(N)c(Br)c(F)c1. The molecule has 0 amide bonds. The molecule has 4 heteroatoms. The zero-order valence-corrected chi connectivity index (χ0v) is 7.02. The van der Waals surface area contributed by atoms with Crippen LogP contribution < -0.4 is 5.73 Å². The summed E-state index contributed by atoms with van der Waals surface area (Å²) in [6, 6.07) is 4.33. The third-order valence-corrected chi connectivity index (χ3v) is 2.02. The fourth-order valence-electron chi connectivity index (χ4n) is 0.675. The Balaban J connectivity index is 3.35. The van der Waals surface area contributed by atoms with Gasteiger partial charge in [0.25, 0.3) is 0 Å². The molecule has 0 aliphatic heterocycles. The first-order valence-corrected chi connectivity index (χ1v) is 3.59. The lowest BCUT2D eigenvalue weighted by Gasteiger charge is -1.98. The highest BCUT2D eigenvalue weighted by Gasteiger charge is 2.04. The second kappa shape index (κ2) is 2.89. The Kier molecular flexibility index (Phi) is 2.11. The molecule has 1 rings (SSSR count). The molecular weight excluding hydrogens is 211 g/mol. The van der Waals surface area contributed by atoms with Crippen LogP contribution in [0.4, 0.5) is 10.1 Å². The second-order valence-electron chi connectivity index (χ2n) is 1.97. The summed E-state index contributed by atoms with van der Waals surface area (Å²) in [5.41, 5.74) is 5.82. The summed E-state index contributed by atoms with van der Waals surface area (Å²) >= 11 is 2.93. The lowest BCUT2D eigenvalue weighted by molar-refractivity contribution is 0.621. The fraction of sp³-hybridized carbons (Fsp3) is 0. The highest BCUT2D eigenvalue weighted by molar-refractivity contribution is 9.10. The molecule has 0 fully saturated rings. The van der Waals surface area contributed by atoms with Gasteiger partial charge in [0.15, 0.2) is 0 Å². The Morgan fingerprint density at radius 1 is 1.55 bits per heavy atom. The largest absolute Gasteiger partial charge is 0.398 e. The van der Waals surface area contributed by atoms with Crippen molar-refractivity contribution in [1.82, 2.24) is 0 Å². The van der Waals surface area contributed by atoms with Crippen molar-refractivity contribution in [3.8, 4) is 6.07 Å². The van der Waals surface area contributed by atoms with Crippen LogP contribution in [0.5, 0.6) is 0 Å². The standard InChI is InChI=1S/C7H4BrFN2/c8-7-5(9)1-4(3-10)2-6(7)11/h1-2H,11H2. The molecule has 2 nitrogen and oxygen atoms in total. The van der Waals surface area contributed by atoms with Gasteiger partial charge >= 0.3 is 0 Å². The van der Waals surface area contributed by atoms with Gasteiger partial charge in [0.2, 0.25) is 0 Å². The van der Waals surface area contributed by atoms with Crippen LogP contribution in [0, 0.1) is 17.1 Å². The van der Waals surface area contributed by atoms with E-state index in [1.165, 1.54) is 6.07 Å². The first-order valence-electron chi connectivity index (χ1n) is 2.79. The van der Waals surface area contributed by atoms with Crippen LogP contribution in [0.25, 0.3) is 0 Å². The Bertz CT molecular complexity index is 307. The van der Waals surface area contributed by atoms with Gasteiger partial charge in [0, 0.05) is 0 Å². The third kappa shape index (κ3) is 1.49. The number of nitrogen functional groups attached to an aromatic ring is 1. The number of rotatable bonds is 0. The van der Waals surface area contributed by atoms with Crippen LogP contribution in [0.3, 0.4) is 0 Å². The zero-order chi connectivity index (χ0) is 8.43. The zero-order valence-electron chi connectivity index (χ0n) is 5.44. The van der Waals surface area contributed by atoms with Crippen molar-refractivity contribution in [3.63, 3.8) is 0 Å². The summed E-state index contributed by atoms with van der Waals surface area (Å²) in [4.78, 5) is 0. The van der Waals surface area contributed by atoms with E-state index in [9.17, 15) is 4.39 Å². The van der Waals surface area contributed by atoms with Crippen LogP contribution in [0.15, 0.2) is 16.6 Å². The average molecular weight is 215 g/mol. The van der Waals surface area contributed by atoms with Gasteiger partial charge in [-0.15, -0.1) is 0 Å². The van der Waals surface area contributed by atoms with Gasteiger partial charge in [-0.05, 0) is 28.1 Å². The van der Waals surface area contributed by atoms with E-state index in [1.54, 1.807) is 6.07 Å². The summed E-state index contributed by atoms with van der Waals surface area (Å²) in [6.45, 7) is 0. The smallest absolute Gasteiger partial charge is 0.140 e. The molecule has 0 saturated heterocycles. The van der Waals surface area contributed by atoms with Crippen molar-refractivity contribution in [2.24, 2.45) is 0 Å². The van der Waals surface area contributed by atoms with Crippen LogP contribution in [0.2, 0.25) is 0 Å². The Labute approximate surface area is 71.6 Å². The summed E-state index contributed by atoms with van der Waals surface area (Å²) in [7, 11) is 0. The second-order valence-corrected chi connectivity index (χ2v) is 2.77. The maximum Gasteiger partial charge on any atom is 0.140 e. The minimum atomic E-state index is -0.512. The molecule has 0 atom stereocenters. The van der Waals surface area contributed by atoms with E-state index in [0.717, 1.165) is 6.07 Å². The summed E-state index contributed by atoms with van der Waals surface area (Å²) in [5.74, 6) is -0.512. The molecule has 0 unspecified atom stereocenters. The summed E-state index contributed by atoms with van der Waals surface area (Å²) in [6.07, 6.45) is 0. The van der Waals surface area contributed by atoms with Crippen molar-refractivity contribution < 1.29 is 4.39 Å². The molecule has 0 radical (unpaired) electrons. The number of hydrogen-bond acceptors (Lipinski definition) is 2. The van der Waals surface area contributed by atoms with Gasteiger partial charge in [-0.25, -0.2) is 4.39 Å². The third-order valence-electron chi connectivity index (χ3n) is 1.19. The van der Waals surface area contributed by atoms with Gasteiger partial charge in [-0.3, -0.25) is 0 Å². The van der Waals surface area contributed by atoms with Gasteiger partial charge in [-0.2, -0.15) is 5.26 Å². The minimum Gasteiger partial charge on any atom is -0.398 e. The molecule has 0 saturated carbocycles. The van der Waals surface area contributed by atoms with Crippen molar-refractivity contribution >= 4 is 21.6 Å². The topological polar surface area (TPSA) is 49.8 Å². The molecule has 11 heavy (non-hydrogen) atoms. The highest BCUT2D eigenvalue weighted by atomic mass is 79.9. The van der Waals surface area contributed by atoms with Crippen LogP contribution in [-0.2, 0) is 0 Å². The molecule has 0 spiro atoms. The van der Waals surface area contributed by atoms with Gasteiger partial charge < -0.3 is 5.73 Å². The van der Waals surface area contributed by atoms with Crippen molar-refractivity contribution in [1.29, 1.82) is 5.26 Å². The maximum absolute atomic E-state index is 12.7. The Morgan fingerprint density at radius 2 is 2.18 bits per heavy atom. The normalized spacial score (nSPS) is 9.18. The molecule has 0 bridgehead atoms. The summed E-state index contributed by atoms with van der Waals surface area (Å²) in [5, 5.41) is 8.39. The Hall–Kier alpha value is -1.08. The number of hydrogen-bond donors (Lipinski definition) is 1. The van der Waals surface area contributed by atoms with Gasteiger partial charge in [-0.1, -0.05) is 0 Å².